The van der Waals surface area contributed by atoms with Gasteiger partial charge in [0.1, 0.15) is 0 Å². The Hall–Kier alpha value is -1.97. The Balaban J connectivity index is 1.36. The first kappa shape index (κ1) is 15.6. The van der Waals surface area contributed by atoms with Crippen molar-refractivity contribution in [3.05, 3.63) is 70.8 Å². The van der Waals surface area contributed by atoms with E-state index in [4.69, 9.17) is 9.47 Å². The van der Waals surface area contributed by atoms with Crippen LogP contribution in [-0.2, 0) is 22.3 Å². The molecule has 2 aliphatic heterocycles. The molecule has 4 rings (SSSR count). The van der Waals surface area contributed by atoms with E-state index in [2.05, 4.69) is 24.3 Å². The van der Waals surface area contributed by atoms with Gasteiger partial charge in [-0.25, -0.2) is 0 Å². The van der Waals surface area contributed by atoms with Crippen molar-refractivity contribution in [3.8, 4) is 0 Å². The molecule has 2 aromatic rings. The lowest BCUT2D eigenvalue weighted by Gasteiger charge is -2.05. The van der Waals surface area contributed by atoms with Gasteiger partial charge in [0.25, 0.3) is 0 Å². The van der Waals surface area contributed by atoms with Crippen LogP contribution in [0.25, 0.3) is 0 Å². The van der Waals surface area contributed by atoms with Crippen molar-refractivity contribution in [1.29, 1.82) is 0 Å². The molecule has 2 unspecified atom stereocenters. The van der Waals surface area contributed by atoms with Gasteiger partial charge in [-0.3, -0.25) is 4.79 Å². The van der Waals surface area contributed by atoms with Crippen LogP contribution < -0.4 is 0 Å². The van der Waals surface area contributed by atoms with Crippen LogP contribution in [0.2, 0.25) is 0 Å². The molecule has 24 heavy (non-hydrogen) atoms. The van der Waals surface area contributed by atoms with Gasteiger partial charge in [-0.2, -0.15) is 0 Å². The van der Waals surface area contributed by atoms with Crippen LogP contribution in [0.1, 0.15) is 39.9 Å². The number of carbonyl (C=O) groups is 1. The number of rotatable bonds is 8. The summed E-state index contributed by atoms with van der Waals surface area (Å²) in [4.78, 5) is 12.6. The average Bonchev–Trinajstić information content (AvgIpc) is 3.53. The Bertz CT molecular complexity index is 633. The largest absolute Gasteiger partial charge is 0.373 e. The van der Waals surface area contributed by atoms with Gasteiger partial charge in [0.2, 0.25) is 0 Å². The maximum Gasteiger partial charge on any atom is 0.193 e. The number of ether oxygens (including phenoxy) is 2. The molecule has 2 fully saturated rings. The monoisotopic (exact) mass is 322 g/mol. The first-order valence-electron chi connectivity index (χ1n) is 8.74. The summed E-state index contributed by atoms with van der Waals surface area (Å²) in [7, 11) is 0. The Kier molecular flexibility index (Phi) is 4.46. The fourth-order valence-corrected chi connectivity index (χ4v) is 2.94. The highest BCUT2D eigenvalue weighted by Crippen LogP contribution is 2.19. The number of benzene rings is 2. The van der Waals surface area contributed by atoms with E-state index < -0.39 is 0 Å². The fraction of sp³-hybridized carbons (Fsp3) is 0.381. The summed E-state index contributed by atoms with van der Waals surface area (Å²) in [6.45, 7) is 1.81. The van der Waals surface area contributed by atoms with Crippen LogP contribution in [0.4, 0.5) is 0 Å². The summed E-state index contributed by atoms with van der Waals surface area (Å²) in [5.74, 6) is 0.0872. The molecule has 124 valence electrons. The normalized spacial score (nSPS) is 21.5. The van der Waals surface area contributed by atoms with Gasteiger partial charge in [-0.1, -0.05) is 48.5 Å². The predicted octanol–water partition coefficient (Wildman–Crippen LogP) is 3.58. The Morgan fingerprint density at radius 3 is 1.46 bits per heavy atom. The van der Waals surface area contributed by atoms with Crippen LogP contribution in [0, 0.1) is 0 Å². The van der Waals surface area contributed by atoms with Gasteiger partial charge in [-0.15, -0.1) is 0 Å². The fourth-order valence-electron chi connectivity index (χ4n) is 2.94. The third-order valence-electron chi connectivity index (χ3n) is 4.75. The summed E-state index contributed by atoms with van der Waals surface area (Å²) in [5.41, 5.74) is 4.03. The van der Waals surface area contributed by atoms with Crippen molar-refractivity contribution in [2.24, 2.45) is 0 Å². The molecular weight excluding hydrogens is 300 g/mol. The zero-order valence-corrected chi connectivity index (χ0v) is 13.7. The first-order chi connectivity index (χ1) is 11.8. The summed E-state index contributed by atoms with van der Waals surface area (Å²) in [6, 6.07) is 16.0. The molecule has 0 amide bonds. The second kappa shape index (κ2) is 6.88. The van der Waals surface area contributed by atoms with E-state index in [0.717, 1.165) is 50.0 Å². The number of hydrogen-bond donors (Lipinski definition) is 0. The number of epoxide rings is 2. The number of carbonyl (C=O) groups excluding carboxylic acids is 1. The predicted molar refractivity (Wildman–Crippen MR) is 92.4 cm³/mol. The topological polar surface area (TPSA) is 42.1 Å². The van der Waals surface area contributed by atoms with E-state index in [0.29, 0.717) is 12.2 Å². The molecule has 3 heteroatoms. The molecule has 0 N–H and O–H groups in total. The lowest BCUT2D eigenvalue weighted by molar-refractivity contribution is 0.103. The summed E-state index contributed by atoms with van der Waals surface area (Å²) in [6.07, 6.45) is 5.07. The lowest BCUT2D eigenvalue weighted by atomic mass is 9.98. The Morgan fingerprint density at radius 2 is 1.12 bits per heavy atom. The van der Waals surface area contributed by atoms with Crippen LogP contribution in [0.3, 0.4) is 0 Å². The molecule has 0 radical (unpaired) electrons. The summed E-state index contributed by atoms with van der Waals surface area (Å²) < 4.78 is 10.5. The van der Waals surface area contributed by atoms with Gasteiger partial charge in [0, 0.05) is 11.1 Å². The molecule has 0 bridgehead atoms. The molecular formula is C21H22O3. The molecule has 2 atom stereocenters. The van der Waals surface area contributed by atoms with Crippen molar-refractivity contribution < 1.29 is 14.3 Å². The number of ketones is 1. The van der Waals surface area contributed by atoms with E-state index in [9.17, 15) is 4.79 Å². The molecule has 0 aliphatic carbocycles. The number of aryl methyl sites for hydroxylation is 2. The third-order valence-corrected chi connectivity index (χ3v) is 4.75. The smallest absolute Gasteiger partial charge is 0.193 e. The summed E-state index contributed by atoms with van der Waals surface area (Å²) >= 11 is 0. The Morgan fingerprint density at radius 1 is 0.750 bits per heavy atom. The van der Waals surface area contributed by atoms with Gasteiger partial charge < -0.3 is 9.47 Å². The minimum atomic E-state index is 0.0872. The average molecular weight is 322 g/mol. The minimum absolute atomic E-state index is 0.0872. The van der Waals surface area contributed by atoms with Crippen LogP contribution >= 0.6 is 0 Å². The van der Waals surface area contributed by atoms with Crippen molar-refractivity contribution in [3.63, 3.8) is 0 Å². The molecule has 0 aromatic heterocycles. The van der Waals surface area contributed by atoms with Gasteiger partial charge in [0.05, 0.1) is 25.4 Å². The standard InChI is InChI=1S/C21H22O3/c22-21(17-7-1-15(2-8-17)5-11-19-13-23-19)18-9-3-16(4-10-18)6-12-20-14-24-20/h1-4,7-10,19-20H,5-6,11-14H2. The van der Waals surface area contributed by atoms with Crippen molar-refractivity contribution in [1.82, 2.24) is 0 Å². The molecule has 2 saturated heterocycles. The van der Waals surface area contributed by atoms with Gasteiger partial charge in [-0.05, 0) is 36.8 Å². The molecule has 3 nitrogen and oxygen atoms in total. The summed E-state index contributed by atoms with van der Waals surface area (Å²) in [5, 5.41) is 0. The zero-order valence-electron chi connectivity index (χ0n) is 13.7. The molecule has 2 aliphatic rings. The molecule has 0 spiro atoms. The van der Waals surface area contributed by atoms with Gasteiger partial charge in [0.15, 0.2) is 5.78 Å². The molecule has 2 aromatic carbocycles. The third kappa shape index (κ3) is 4.11. The van der Waals surface area contributed by atoms with E-state index in [1.165, 1.54) is 11.1 Å². The Labute approximate surface area is 142 Å². The van der Waals surface area contributed by atoms with Crippen molar-refractivity contribution >= 4 is 5.78 Å². The maximum absolute atomic E-state index is 12.6. The highest BCUT2D eigenvalue weighted by molar-refractivity contribution is 6.08. The molecule has 2 heterocycles. The van der Waals surface area contributed by atoms with E-state index in [1.807, 2.05) is 24.3 Å². The van der Waals surface area contributed by atoms with Gasteiger partial charge >= 0.3 is 0 Å². The highest BCUT2D eigenvalue weighted by atomic mass is 16.6. The number of hydrogen-bond acceptors (Lipinski definition) is 3. The zero-order chi connectivity index (χ0) is 16.4. The first-order valence-corrected chi connectivity index (χ1v) is 8.74. The van der Waals surface area contributed by atoms with Crippen LogP contribution in [0.15, 0.2) is 48.5 Å². The minimum Gasteiger partial charge on any atom is -0.373 e. The highest BCUT2D eigenvalue weighted by Gasteiger charge is 2.22. The second-order valence-electron chi connectivity index (χ2n) is 6.71. The molecule has 0 saturated carbocycles. The van der Waals surface area contributed by atoms with E-state index >= 15 is 0 Å². The maximum atomic E-state index is 12.6. The van der Waals surface area contributed by atoms with E-state index in [1.54, 1.807) is 0 Å². The van der Waals surface area contributed by atoms with Crippen LogP contribution in [-0.4, -0.2) is 31.2 Å². The SMILES string of the molecule is O=C(c1ccc(CCC2CO2)cc1)c1ccc(CCC2CO2)cc1. The van der Waals surface area contributed by atoms with Crippen molar-refractivity contribution in [2.75, 3.05) is 13.2 Å². The van der Waals surface area contributed by atoms with Crippen molar-refractivity contribution in [2.45, 2.75) is 37.9 Å². The van der Waals surface area contributed by atoms with Crippen LogP contribution in [0.5, 0.6) is 0 Å². The lowest BCUT2D eigenvalue weighted by Crippen LogP contribution is -2.02. The van der Waals surface area contributed by atoms with E-state index in [-0.39, 0.29) is 5.78 Å². The second-order valence-corrected chi connectivity index (χ2v) is 6.71. The quantitative estimate of drug-likeness (QED) is 0.551.